The molecule has 3 heteroatoms. The van der Waals surface area contributed by atoms with Gasteiger partial charge in [0.05, 0.1) is 0 Å². The van der Waals surface area contributed by atoms with E-state index in [9.17, 15) is 4.79 Å². The highest BCUT2D eigenvalue weighted by atomic mass is 32.3. The zero-order chi connectivity index (χ0) is 25.6. The van der Waals surface area contributed by atoms with Gasteiger partial charge in [-0.05, 0) is 83.5 Å². The second-order valence-corrected chi connectivity index (χ2v) is 12.3. The van der Waals surface area contributed by atoms with Crippen LogP contribution in [0.4, 0.5) is 0 Å². The minimum Gasteiger partial charge on any atom is -0.402 e. The normalized spacial score (nSPS) is 11.9. The third-order valence-corrected chi connectivity index (χ3v) is 9.97. The average Bonchev–Trinajstić information content (AvgIpc) is 2.93. The lowest BCUT2D eigenvalue weighted by Crippen LogP contribution is -2.13. The highest BCUT2D eigenvalue weighted by Crippen LogP contribution is 2.69. The predicted octanol–water partition coefficient (Wildman–Crippen LogP) is 10.1. The van der Waals surface area contributed by atoms with E-state index in [4.69, 9.17) is 4.18 Å². The highest BCUT2D eigenvalue weighted by molar-refractivity contribution is 8.30. The number of aryl methyl sites for hydroxylation is 2. The molecule has 0 aromatic heterocycles. The summed E-state index contributed by atoms with van der Waals surface area (Å²) in [5.41, 5.74) is 2.70. The summed E-state index contributed by atoms with van der Waals surface area (Å²) < 4.78 is 6.50. The quantitative estimate of drug-likeness (QED) is 0.192. The first-order chi connectivity index (χ1) is 17.6. The summed E-state index contributed by atoms with van der Waals surface area (Å²) in [6.07, 6.45) is 12.6. The number of unbranched alkanes of at least 4 members (excludes halogenated alkanes) is 6. The van der Waals surface area contributed by atoms with Crippen molar-refractivity contribution in [2.75, 3.05) is 0 Å². The standard InChI is InChI=1S/C33H44O2S/c1-4-7-9-12-16-28-20-24-31(25-21-28)36(35-33(34)6-3,30-18-14-11-15-19-30)32-26-22-29(23-27-32)17-13-10-8-5-2/h11,14-15,18-27H,4-10,12-13,16-17H2,1-3H3. The Morgan fingerprint density at radius 1 is 0.583 bits per heavy atom. The van der Waals surface area contributed by atoms with Gasteiger partial charge >= 0.3 is 5.97 Å². The van der Waals surface area contributed by atoms with Gasteiger partial charge < -0.3 is 4.18 Å². The monoisotopic (exact) mass is 504 g/mol. The Hall–Kier alpha value is -2.52. The minimum absolute atomic E-state index is 0.166. The van der Waals surface area contributed by atoms with Gasteiger partial charge in [-0.1, -0.05) is 102 Å². The molecule has 0 saturated carbocycles. The number of hydrogen-bond donors (Lipinski definition) is 0. The maximum atomic E-state index is 12.9. The Bertz CT molecular complexity index is 970. The summed E-state index contributed by atoms with van der Waals surface area (Å²) in [7, 11) is -2.19. The number of carbonyl (C=O) groups is 1. The molecular weight excluding hydrogens is 460 g/mol. The Morgan fingerprint density at radius 3 is 1.44 bits per heavy atom. The molecule has 0 N–H and O–H groups in total. The van der Waals surface area contributed by atoms with E-state index in [1.807, 2.05) is 25.1 Å². The molecule has 0 atom stereocenters. The molecule has 2 nitrogen and oxygen atoms in total. The topological polar surface area (TPSA) is 26.3 Å². The molecule has 36 heavy (non-hydrogen) atoms. The van der Waals surface area contributed by atoms with Crippen LogP contribution in [0.1, 0.15) is 89.7 Å². The number of carbonyl (C=O) groups excluding carboxylic acids is 1. The van der Waals surface area contributed by atoms with Gasteiger partial charge in [-0.15, -0.1) is 0 Å². The van der Waals surface area contributed by atoms with Crippen molar-refractivity contribution < 1.29 is 8.98 Å². The summed E-state index contributed by atoms with van der Waals surface area (Å²) >= 11 is 0. The van der Waals surface area contributed by atoms with Gasteiger partial charge in [0.15, 0.2) is 0 Å². The fraction of sp³-hybridized carbons (Fsp3) is 0.424. The Labute approximate surface area is 221 Å². The maximum absolute atomic E-state index is 12.9. The zero-order valence-electron chi connectivity index (χ0n) is 22.5. The van der Waals surface area contributed by atoms with Crippen LogP contribution in [0.3, 0.4) is 0 Å². The van der Waals surface area contributed by atoms with Crippen LogP contribution in [0.15, 0.2) is 93.5 Å². The van der Waals surface area contributed by atoms with Crippen LogP contribution in [-0.2, 0) is 21.8 Å². The van der Waals surface area contributed by atoms with Gasteiger partial charge in [0.2, 0.25) is 0 Å². The molecular formula is C33H44O2S. The summed E-state index contributed by atoms with van der Waals surface area (Å²) in [5.74, 6) is -0.166. The fourth-order valence-corrected chi connectivity index (χ4v) is 7.65. The van der Waals surface area contributed by atoms with E-state index >= 15 is 0 Å². The molecule has 3 aromatic rings. The molecule has 3 rings (SSSR count). The lowest BCUT2D eigenvalue weighted by molar-refractivity contribution is -0.133. The zero-order valence-corrected chi connectivity index (χ0v) is 23.3. The molecule has 0 heterocycles. The van der Waals surface area contributed by atoms with Crippen molar-refractivity contribution in [2.24, 2.45) is 0 Å². The smallest absolute Gasteiger partial charge is 0.316 e. The summed E-state index contributed by atoms with van der Waals surface area (Å²) in [6.45, 7) is 6.37. The summed E-state index contributed by atoms with van der Waals surface area (Å²) in [5, 5.41) is 0. The van der Waals surface area contributed by atoms with Crippen LogP contribution in [0, 0.1) is 0 Å². The first kappa shape index (κ1) is 28.1. The van der Waals surface area contributed by atoms with Crippen LogP contribution < -0.4 is 0 Å². The third kappa shape index (κ3) is 7.49. The first-order valence-corrected chi connectivity index (χ1v) is 15.5. The van der Waals surface area contributed by atoms with Gasteiger partial charge in [-0.3, -0.25) is 4.79 Å². The van der Waals surface area contributed by atoms with Crippen LogP contribution in [-0.4, -0.2) is 5.97 Å². The van der Waals surface area contributed by atoms with Crippen LogP contribution in [0.2, 0.25) is 0 Å². The van der Waals surface area contributed by atoms with Gasteiger partial charge in [0, 0.05) is 21.1 Å². The number of hydrogen-bond acceptors (Lipinski definition) is 2. The van der Waals surface area contributed by atoms with Crippen molar-refractivity contribution >= 4 is 16.3 Å². The molecule has 0 unspecified atom stereocenters. The summed E-state index contributed by atoms with van der Waals surface area (Å²) in [6, 6.07) is 28.0. The van der Waals surface area contributed by atoms with E-state index in [0.717, 1.165) is 27.5 Å². The van der Waals surface area contributed by atoms with E-state index in [0.29, 0.717) is 6.42 Å². The van der Waals surface area contributed by atoms with Gasteiger partial charge in [-0.2, -0.15) is 0 Å². The van der Waals surface area contributed by atoms with E-state index in [1.54, 1.807) is 0 Å². The number of rotatable bonds is 15. The second kappa shape index (κ2) is 14.9. The Morgan fingerprint density at radius 2 is 1.03 bits per heavy atom. The molecule has 0 fully saturated rings. The molecule has 0 saturated heterocycles. The number of benzene rings is 3. The first-order valence-electron chi connectivity index (χ1n) is 13.9. The van der Waals surface area contributed by atoms with Crippen molar-refractivity contribution in [3.63, 3.8) is 0 Å². The molecule has 0 aliphatic carbocycles. The van der Waals surface area contributed by atoms with E-state index in [2.05, 4.69) is 74.5 Å². The Balaban J connectivity index is 1.99. The van der Waals surface area contributed by atoms with Crippen molar-refractivity contribution in [1.29, 1.82) is 0 Å². The van der Waals surface area contributed by atoms with Crippen LogP contribution in [0.5, 0.6) is 0 Å². The molecule has 0 bridgehead atoms. The van der Waals surface area contributed by atoms with Crippen molar-refractivity contribution in [3.8, 4) is 0 Å². The van der Waals surface area contributed by atoms with Gasteiger partial charge in [0.1, 0.15) is 0 Å². The predicted molar refractivity (Wildman–Crippen MR) is 154 cm³/mol. The summed E-state index contributed by atoms with van der Waals surface area (Å²) in [4.78, 5) is 16.1. The molecule has 0 amide bonds. The minimum atomic E-state index is -2.19. The highest BCUT2D eigenvalue weighted by Gasteiger charge is 2.35. The van der Waals surface area contributed by atoms with Crippen molar-refractivity contribution in [3.05, 3.63) is 90.0 Å². The van der Waals surface area contributed by atoms with Gasteiger partial charge in [0.25, 0.3) is 0 Å². The van der Waals surface area contributed by atoms with Crippen LogP contribution >= 0.6 is 10.3 Å². The maximum Gasteiger partial charge on any atom is 0.316 e. The van der Waals surface area contributed by atoms with Crippen molar-refractivity contribution in [2.45, 2.75) is 106 Å². The van der Waals surface area contributed by atoms with Crippen LogP contribution in [0.25, 0.3) is 0 Å². The average molecular weight is 505 g/mol. The molecule has 0 aliphatic heterocycles. The Kier molecular flexibility index (Phi) is 11.6. The van der Waals surface area contributed by atoms with E-state index in [-0.39, 0.29) is 5.97 Å². The third-order valence-electron chi connectivity index (χ3n) is 6.73. The molecule has 0 aliphatic rings. The SMILES string of the molecule is CCCCCCc1ccc(S(OC(=O)CC)(c2ccccc2)c2ccc(CCCCCC)cc2)cc1. The molecule has 194 valence electrons. The fourth-order valence-electron chi connectivity index (χ4n) is 4.57. The van der Waals surface area contributed by atoms with Gasteiger partial charge in [-0.25, -0.2) is 0 Å². The largest absolute Gasteiger partial charge is 0.402 e. The lowest BCUT2D eigenvalue weighted by Gasteiger charge is -2.40. The van der Waals surface area contributed by atoms with Crippen molar-refractivity contribution in [1.82, 2.24) is 0 Å². The van der Waals surface area contributed by atoms with E-state index < -0.39 is 10.3 Å². The van der Waals surface area contributed by atoms with E-state index in [1.165, 1.54) is 62.5 Å². The molecule has 3 aromatic carbocycles. The lowest BCUT2D eigenvalue weighted by atomic mass is 10.1. The second-order valence-electron chi connectivity index (χ2n) is 9.59. The molecule has 0 radical (unpaired) electrons. The molecule has 0 spiro atoms.